The molecule has 1 aromatic heterocycles. The quantitative estimate of drug-likeness (QED) is 0.693. The first-order chi connectivity index (χ1) is 13.7. The molecule has 1 N–H and O–H groups in total. The highest BCUT2D eigenvalue weighted by Gasteiger charge is 2.19. The number of benzene rings is 2. The van der Waals surface area contributed by atoms with E-state index in [1.54, 1.807) is 0 Å². The van der Waals surface area contributed by atoms with Gasteiger partial charge in [-0.1, -0.05) is 42.5 Å². The summed E-state index contributed by atoms with van der Waals surface area (Å²) in [6.07, 6.45) is 2.17. The Bertz CT molecular complexity index is 958. The molecule has 1 fully saturated rings. The Hall–Kier alpha value is -2.92. The normalized spacial score (nSPS) is 13.5. The topological polar surface area (TPSA) is 49.4 Å². The molecule has 3 aromatic rings. The molecule has 0 spiro atoms. The van der Waals surface area contributed by atoms with Crippen LogP contribution in [0.5, 0.6) is 0 Å². The summed E-state index contributed by atoms with van der Waals surface area (Å²) < 4.78 is 0. The van der Waals surface area contributed by atoms with Gasteiger partial charge in [-0.15, -0.1) is 11.3 Å². The fraction of sp³-hybridized carbons (Fsp3) is 0.217. The van der Waals surface area contributed by atoms with Crippen LogP contribution in [0.4, 0.5) is 0 Å². The number of rotatable bonds is 5. The van der Waals surface area contributed by atoms with Gasteiger partial charge in [0.25, 0.3) is 11.8 Å². The molecule has 4 nitrogen and oxygen atoms in total. The highest BCUT2D eigenvalue weighted by atomic mass is 32.1. The molecule has 0 saturated carbocycles. The molecular formula is C23H22N2O2S. The SMILES string of the molecule is O=C(NCc1ccc(C(=O)N2CCCC2)cc1)c1sccc1-c1ccccc1. The Balaban J connectivity index is 1.39. The molecule has 2 heterocycles. The lowest BCUT2D eigenvalue weighted by Crippen LogP contribution is -2.27. The number of nitrogens with zero attached hydrogens (tertiary/aromatic N) is 1. The van der Waals surface area contributed by atoms with Gasteiger partial charge in [-0.2, -0.15) is 0 Å². The van der Waals surface area contributed by atoms with Crippen LogP contribution >= 0.6 is 11.3 Å². The van der Waals surface area contributed by atoms with Gasteiger partial charge in [-0.05, 0) is 47.5 Å². The fourth-order valence-corrected chi connectivity index (χ4v) is 4.29. The van der Waals surface area contributed by atoms with Crippen LogP contribution in [-0.2, 0) is 6.54 Å². The van der Waals surface area contributed by atoms with E-state index in [2.05, 4.69) is 5.32 Å². The number of thiophene rings is 1. The van der Waals surface area contributed by atoms with Gasteiger partial charge in [0.2, 0.25) is 0 Å². The second-order valence-electron chi connectivity index (χ2n) is 6.91. The molecule has 5 heteroatoms. The molecule has 0 atom stereocenters. The number of likely N-dealkylation sites (tertiary alicyclic amines) is 1. The van der Waals surface area contributed by atoms with E-state index >= 15 is 0 Å². The minimum absolute atomic E-state index is 0.0777. The molecule has 0 bridgehead atoms. The lowest BCUT2D eigenvalue weighted by molar-refractivity contribution is 0.0792. The molecule has 2 aromatic carbocycles. The zero-order chi connectivity index (χ0) is 19.3. The molecule has 142 valence electrons. The summed E-state index contributed by atoms with van der Waals surface area (Å²) in [7, 11) is 0. The summed E-state index contributed by atoms with van der Waals surface area (Å²) in [6.45, 7) is 2.13. The zero-order valence-electron chi connectivity index (χ0n) is 15.6. The van der Waals surface area contributed by atoms with E-state index in [0.29, 0.717) is 17.0 Å². The van der Waals surface area contributed by atoms with Gasteiger partial charge in [-0.25, -0.2) is 0 Å². The summed E-state index contributed by atoms with van der Waals surface area (Å²) in [5.41, 5.74) is 3.68. The van der Waals surface area contributed by atoms with E-state index < -0.39 is 0 Å². The Kier molecular flexibility index (Phi) is 5.53. The third-order valence-electron chi connectivity index (χ3n) is 5.00. The van der Waals surface area contributed by atoms with E-state index in [-0.39, 0.29) is 11.8 Å². The summed E-state index contributed by atoms with van der Waals surface area (Å²) in [6, 6.07) is 19.4. The van der Waals surface area contributed by atoms with Gasteiger partial charge in [-0.3, -0.25) is 9.59 Å². The van der Waals surface area contributed by atoms with Crippen LogP contribution < -0.4 is 5.32 Å². The van der Waals surface area contributed by atoms with Crippen LogP contribution in [0.3, 0.4) is 0 Å². The average Bonchev–Trinajstić information content (AvgIpc) is 3.45. The predicted molar refractivity (Wildman–Crippen MR) is 113 cm³/mol. The predicted octanol–water partition coefficient (Wildman–Crippen LogP) is 4.58. The molecule has 0 radical (unpaired) electrons. The molecular weight excluding hydrogens is 368 g/mol. The van der Waals surface area contributed by atoms with Gasteiger partial charge in [0, 0.05) is 30.8 Å². The standard InChI is InChI=1S/C23H22N2O2S/c26-22(21-20(12-15-28-21)18-6-2-1-3-7-18)24-16-17-8-10-19(11-9-17)23(27)25-13-4-5-14-25/h1-3,6-12,15H,4-5,13-14,16H2,(H,24,26). The molecule has 2 amide bonds. The van der Waals surface area contributed by atoms with Crippen molar-refractivity contribution in [2.45, 2.75) is 19.4 Å². The van der Waals surface area contributed by atoms with Crippen LogP contribution in [0, 0.1) is 0 Å². The van der Waals surface area contributed by atoms with Crippen molar-refractivity contribution < 1.29 is 9.59 Å². The van der Waals surface area contributed by atoms with Crippen molar-refractivity contribution in [2.75, 3.05) is 13.1 Å². The minimum Gasteiger partial charge on any atom is -0.347 e. The summed E-state index contributed by atoms with van der Waals surface area (Å²) in [4.78, 5) is 27.7. The first-order valence-electron chi connectivity index (χ1n) is 9.52. The number of hydrogen-bond acceptors (Lipinski definition) is 3. The minimum atomic E-state index is -0.0777. The van der Waals surface area contributed by atoms with Crippen LogP contribution in [-0.4, -0.2) is 29.8 Å². The lowest BCUT2D eigenvalue weighted by Gasteiger charge is -2.15. The van der Waals surface area contributed by atoms with Crippen LogP contribution in [0.25, 0.3) is 11.1 Å². The summed E-state index contributed by atoms with van der Waals surface area (Å²) in [5, 5.41) is 4.93. The Morgan fingerprint density at radius 2 is 1.64 bits per heavy atom. The van der Waals surface area contributed by atoms with Crippen molar-refractivity contribution in [1.82, 2.24) is 10.2 Å². The second-order valence-corrected chi connectivity index (χ2v) is 7.82. The summed E-state index contributed by atoms with van der Waals surface area (Å²) >= 11 is 1.45. The average molecular weight is 391 g/mol. The lowest BCUT2D eigenvalue weighted by atomic mass is 10.1. The van der Waals surface area contributed by atoms with E-state index in [9.17, 15) is 9.59 Å². The Morgan fingerprint density at radius 1 is 0.929 bits per heavy atom. The third kappa shape index (κ3) is 3.99. The first kappa shape index (κ1) is 18.4. The second kappa shape index (κ2) is 8.40. The van der Waals surface area contributed by atoms with Crippen molar-refractivity contribution in [2.24, 2.45) is 0 Å². The molecule has 4 rings (SSSR count). The number of hydrogen-bond donors (Lipinski definition) is 1. The highest BCUT2D eigenvalue weighted by Crippen LogP contribution is 2.28. The molecule has 1 aliphatic heterocycles. The van der Waals surface area contributed by atoms with Crippen LogP contribution in [0.2, 0.25) is 0 Å². The number of carbonyl (C=O) groups excluding carboxylic acids is 2. The molecule has 28 heavy (non-hydrogen) atoms. The van der Waals surface area contributed by atoms with Crippen LogP contribution in [0.1, 0.15) is 38.4 Å². The van der Waals surface area contributed by atoms with Gasteiger partial charge < -0.3 is 10.2 Å². The van der Waals surface area contributed by atoms with E-state index in [1.807, 2.05) is 70.9 Å². The molecule has 0 aliphatic carbocycles. The first-order valence-corrected chi connectivity index (χ1v) is 10.4. The van der Waals surface area contributed by atoms with E-state index in [0.717, 1.165) is 42.6 Å². The highest BCUT2D eigenvalue weighted by molar-refractivity contribution is 7.12. The number of carbonyl (C=O) groups is 2. The molecule has 1 aliphatic rings. The smallest absolute Gasteiger partial charge is 0.262 e. The van der Waals surface area contributed by atoms with Crippen LogP contribution in [0.15, 0.2) is 66.0 Å². The van der Waals surface area contributed by atoms with Crippen molar-refractivity contribution >= 4 is 23.2 Å². The maximum Gasteiger partial charge on any atom is 0.262 e. The molecule has 0 unspecified atom stereocenters. The molecule has 1 saturated heterocycles. The van der Waals surface area contributed by atoms with Gasteiger partial charge in [0.1, 0.15) is 0 Å². The van der Waals surface area contributed by atoms with Gasteiger partial charge in [0.15, 0.2) is 0 Å². The zero-order valence-corrected chi connectivity index (χ0v) is 16.4. The maximum absolute atomic E-state index is 12.7. The van der Waals surface area contributed by atoms with Crippen molar-refractivity contribution in [3.05, 3.63) is 82.0 Å². The van der Waals surface area contributed by atoms with Crippen molar-refractivity contribution in [3.8, 4) is 11.1 Å². The van der Waals surface area contributed by atoms with Crippen molar-refractivity contribution in [3.63, 3.8) is 0 Å². The Morgan fingerprint density at radius 3 is 2.36 bits per heavy atom. The summed E-state index contributed by atoms with van der Waals surface area (Å²) in [5.74, 6) is 0.0187. The number of nitrogens with one attached hydrogen (secondary N) is 1. The number of amides is 2. The third-order valence-corrected chi connectivity index (χ3v) is 5.92. The van der Waals surface area contributed by atoms with E-state index in [1.165, 1.54) is 11.3 Å². The maximum atomic E-state index is 12.7. The van der Waals surface area contributed by atoms with E-state index in [4.69, 9.17) is 0 Å². The Labute approximate surface area is 168 Å². The van der Waals surface area contributed by atoms with Gasteiger partial charge in [0.05, 0.1) is 4.88 Å². The van der Waals surface area contributed by atoms with Gasteiger partial charge >= 0.3 is 0 Å². The largest absolute Gasteiger partial charge is 0.347 e. The fourth-order valence-electron chi connectivity index (χ4n) is 3.46. The van der Waals surface area contributed by atoms with Crippen molar-refractivity contribution in [1.29, 1.82) is 0 Å². The monoisotopic (exact) mass is 390 g/mol.